The van der Waals surface area contributed by atoms with Gasteiger partial charge in [-0.2, -0.15) is 13.2 Å². The molecule has 11 heteroatoms. The number of nitrogens with one attached hydrogen (secondary N) is 2. The zero-order valence-electron chi connectivity index (χ0n) is 17.8. The van der Waals surface area contributed by atoms with Crippen LogP contribution in [0.5, 0.6) is 0 Å². The Hall–Kier alpha value is -3.34. The SMILES string of the molecule is O=C(Nc1ccc(C(F)(F)F)cn1)NC1CCCN(c2ccc(N3CCOCC3)cc2)C1=O. The molecule has 0 bridgehead atoms. The van der Waals surface area contributed by atoms with Crippen LogP contribution >= 0.6 is 0 Å². The molecule has 2 aliphatic heterocycles. The molecule has 2 fully saturated rings. The number of piperidine rings is 1. The number of anilines is 3. The van der Waals surface area contributed by atoms with E-state index in [1.165, 1.54) is 0 Å². The summed E-state index contributed by atoms with van der Waals surface area (Å²) in [4.78, 5) is 32.7. The van der Waals surface area contributed by atoms with Gasteiger partial charge in [0.1, 0.15) is 11.9 Å². The molecule has 4 rings (SSSR count). The quantitative estimate of drug-likeness (QED) is 0.727. The van der Waals surface area contributed by atoms with Crippen LogP contribution in [0, 0.1) is 0 Å². The van der Waals surface area contributed by atoms with Crippen molar-refractivity contribution in [3.8, 4) is 0 Å². The van der Waals surface area contributed by atoms with E-state index < -0.39 is 23.8 Å². The van der Waals surface area contributed by atoms with Gasteiger partial charge in [0.15, 0.2) is 0 Å². The summed E-state index contributed by atoms with van der Waals surface area (Å²) in [6.07, 6.45) is -2.70. The number of urea groups is 1. The number of hydrogen-bond donors (Lipinski definition) is 2. The number of alkyl halides is 3. The molecule has 1 atom stereocenters. The normalized spacial score (nSPS) is 19.4. The number of halogens is 3. The van der Waals surface area contributed by atoms with Crippen LogP contribution in [0.25, 0.3) is 0 Å². The second-order valence-corrected chi connectivity index (χ2v) is 7.83. The first-order valence-corrected chi connectivity index (χ1v) is 10.7. The summed E-state index contributed by atoms with van der Waals surface area (Å²) in [5.41, 5.74) is 0.893. The average molecular weight is 463 g/mol. The molecule has 0 spiro atoms. The van der Waals surface area contributed by atoms with Gasteiger partial charge in [0.05, 0.1) is 18.8 Å². The van der Waals surface area contributed by atoms with Crippen molar-refractivity contribution < 1.29 is 27.5 Å². The summed E-state index contributed by atoms with van der Waals surface area (Å²) in [5.74, 6) is -0.282. The van der Waals surface area contributed by atoms with Crippen LogP contribution < -0.4 is 20.4 Å². The number of morpholine rings is 1. The topological polar surface area (TPSA) is 86.8 Å². The largest absolute Gasteiger partial charge is 0.417 e. The van der Waals surface area contributed by atoms with Gasteiger partial charge in [-0.3, -0.25) is 10.1 Å². The molecule has 3 heterocycles. The van der Waals surface area contributed by atoms with Crippen molar-refractivity contribution in [3.05, 3.63) is 48.2 Å². The van der Waals surface area contributed by atoms with E-state index in [2.05, 4.69) is 20.5 Å². The number of ether oxygens (including phenoxy) is 1. The van der Waals surface area contributed by atoms with E-state index in [9.17, 15) is 22.8 Å². The van der Waals surface area contributed by atoms with Crippen molar-refractivity contribution in [3.63, 3.8) is 0 Å². The Bertz CT molecular complexity index is 976. The van der Waals surface area contributed by atoms with Gasteiger partial charge in [-0.1, -0.05) is 0 Å². The minimum atomic E-state index is -4.51. The second-order valence-electron chi connectivity index (χ2n) is 7.83. The molecule has 2 aromatic rings. The lowest BCUT2D eigenvalue weighted by Crippen LogP contribution is -2.53. The number of pyridine rings is 1. The van der Waals surface area contributed by atoms with Crippen molar-refractivity contribution in [2.24, 2.45) is 0 Å². The third kappa shape index (κ3) is 5.54. The number of amides is 3. The number of rotatable bonds is 4. The fraction of sp³-hybridized carbons (Fsp3) is 0.409. The smallest absolute Gasteiger partial charge is 0.378 e. The summed E-state index contributed by atoms with van der Waals surface area (Å²) < 4.78 is 43.3. The van der Waals surface area contributed by atoms with Crippen molar-refractivity contribution in [2.45, 2.75) is 25.1 Å². The number of carbonyl (C=O) groups excluding carboxylic acids is 2. The molecular weight excluding hydrogens is 439 g/mol. The van der Waals surface area contributed by atoms with Gasteiger partial charge in [-0.15, -0.1) is 0 Å². The van der Waals surface area contributed by atoms with E-state index in [4.69, 9.17) is 4.74 Å². The molecule has 0 radical (unpaired) electrons. The molecule has 8 nitrogen and oxygen atoms in total. The number of carbonyl (C=O) groups is 2. The van der Waals surface area contributed by atoms with Gasteiger partial charge in [0.2, 0.25) is 5.91 Å². The van der Waals surface area contributed by atoms with E-state index in [0.717, 1.165) is 36.6 Å². The fourth-order valence-electron chi connectivity index (χ4n) is 3.88. The van der Waals surface area contributed by atoms with E-state index in [1.807, 2.05) is 24.3 Å². The molecule has 1 aromatic carbocycles. The van der Waals surface area contributed by atoms with Gasteiger partial charge in [-0.25, -0.2) is 9.78 Å². The summed E-state index contributed by atoms with van der Waals surface area (Å²) in [5, 5.41) is 4.97. The minimum Gasteiger partial charge on any atom is -0.378 e. The molecule has 0 saturated carbocycles. The number of aromatic nitrogens is 1. The molecule has 1 aromatic heterocycles. The van der Waals surface area contributed by atoms with Crippen LogP contribution in [-0.2, 0) is 15.7 Å². The Morgan fingerprint density at radius 3 is 2.36 bits per heavy atom. The Morgan fingerprint density at radius 2 is 1.73 bits per heavy atom. The van der Waals surface area contributed by atoms with E-state index in [1.54, 1.807) is 4.90 Å². The van der Waals surface area contributed by atoms with Gasteiger partial charge < -0.3 is 19.9 Å². The Kier molecular flexibility index (Phi) is 6.68. The molecule has 3 amide bonds. The van der Waals surface area contributed by atoms with Crippen molar-refractivity contribution >= 4 is 29.1 Å². The van der Waals surface area contributed by atoms with Crippen LogP contribution in [0.1, 0.15) is 18.4 Å². The highest BCUT2D eigenvalue weighted by molar-refractivity contribution is 6.01. The van der Waals surface area contributed by atoms with Crippen LogP contribution in [0.3, 0.4) is 0 Å². The molecule has 2 aliphatic rings. The van der Waals surface area contributed by atoms with Gasteiger partial charge in [-0.05, 0) is 49.2 Å². The van der Waals surface area contributed by atoms with E-state index >= 15 is 0 Å². The third-order valence-corrected chi connectivity index (χ3v) is 5.61. The highest BCUT2D eigenvalue weighted by Crippen LogP contribution is 2.29. The average Bonchev–Trinajstić information content (AvgIpc) is 2.81. The van der Waals surface area contributed by atoms with Crippen LogP contribution in [0.2, 0.25) is 0 Å². The zero-order valence-corrected chi connectivity index (χ0v) is 17.8. The molecule has 2 N–H and O–H groups in total. The first-order chi connectivity index (χ1) is 15.8. The van der Waals surface area contributed by atoms with Gasteiger partial charge >= 0.3 is 12.2 Å². The van der Waals surface area contributed by atoms with Crippen LogP contribution in [0.15, 0.2) is 42.6 Å². The molecular formula is C22H24F3N5O3. The van der Waals surface area contributed by atoms with E-state index in [-0.39, 0.29) is 11.7 Å². The molecule has 176 valence electrons. The Labute approximate surface area is 188 Å². The lowest BCUT2D eigenvalue weighted by atomic mass is 10.0. The molecule has 33 heavy (non-hydrogen) atoms. The highest BCUT2D eigenvalue weighted by Gasteiger charge is 2.32. The maximum Gasteiger partial charge on any atom is 0.417 e. The summed E-state index contributed by atoms with van der Waals surface area (Å²) >= 11 is 0. The second kappa shape index (κ2) is 9.65. The maximum absolute atomic E-state index is 13.0. The van der Waals surface area contributed by atoms with Crippen molar-refractivity contribution in [1.82, 2.24) is 10.3 Å². The molecule has 1 unspecified atom stereocenters. The molecule has 2 saturated heterocycles. The van der Waals surface area contributed by atoms with Gasteiger partial charge in [0.25, 0.3) is 0 Å². The zero-order chi connectivity index (χ0) is 23.4. The minimum absolute atomic E-state index is 0.0423. The fourth-order valence-corrected chi connectivity index (χ4v) is 3.88. The first-order valence-electron chi connectivity index (χ1n) is 10.7. The number of benzene rings is 1. The Balaban J connectivity index is 1.35. The van der Waals surface area contributed by atoms with E-state index in [0.29, 0.717) is 38.8 Å². The Morgan fingerprint density at radius 1 is 1.03 bits per heavy atom. The summed E-state index contributed by atoms with van der Waals surface area (Å²) in [6, 6.07) is 8.15. The highest BCUT2D eigenvalue weighted by atomic mass is 19.4. The lowest BCUT2D eigenvalue weighted by Gasteiger charge is -2.33. The predicted molar refractivity (Wildman–Crippen MR) is 116 cm³/mol. The standard InChI is InChI=1S/C22H24F3N5O3/c23-22(24,25)15-3-8-19(26-14-15)28-21(32)27-18-2-1-9-30(20(18)31)17-6-4-16(5-7-17)29-10-12-33-13-11-29/h3-8,14,18H,1-2,9-13H2,(H2,26,27,28,32). The van der Waals surface area contributed by atoms with Crippen LogP contribution in [0.4, 0.5) is 35.2 Å². The molecule has 0 aliphatic carbocycles. The van der Waals surface area contributed by atoms with Gasteiger partial charge in [0, 0.05) is 37.2 Å². The monoisotopic (exact) mass is 463 g/mol. The number of nitrogens with zero attached hydrogens (tertiary/aromatic N) is 3. The first kappa shape index (κ1) is 22.8. The summed E-state index contributed by atoms with van der Waals surface area (Å²) in [6.45, 7) is 3.54. The lowest BCUT2D eigenvalue weighted by molar-refractivity contribution is -0.137. The predicted octanol–water partition coefficient (Wildman–Crippen LogP) is 3.25. The maximum atomic E-state index is 13.0. The summed E-state index contributed by atoms with van der Waals surface area (Å²) in [7, 11) is 0. The van der Waals surface area contributed by atoms with Crippen molar-refractivity contribution in [2.75, 3.05) is 48.0 Å². The van der Waals surface area contributed by atoms with Crippen LogP contribution in [-0.4, -0.2) is 55.8 Å². The third-order valence-electron chi connectivity index (χ3n) is 5.61. The van der Waals surface area contributed by atoms with Crippen molar-refractivity contribution in [1.29, 1.82) is 0 Å². The number of hydrogen-bond acceptors (Lipinski definition) is 5.